The van der Waals surface area contributed by atoms with Crippen LogP contribution in [0.4, 0.5) is 0 Å². The Hall–Kier alpha value is -0.870. The van der Waals surface area contributed by atoms with E-state index in [2.05, 4.69) is 10.3 Å². The summed E-state index contributed by atoms with van der Waals surface area (Å²) in [6.07, 6.45) is 6.95. The van der Waals surface area contributed by atoms with Crippen molar-refractivity contribution in [3.05, 3.63) is 17.8 Å². The SMILES string of the molecule is c1nc(C2CCCC2)oc1C1COCCN1. The van der Waals surface area contributed by atoms with Gasteiger partial charge >= 0.3 is 0 Å². The van der Waals surface area contributed by atoms with Gasteiger partial charge in [-0.05, 0) is 12.8 Å². The van der Waals surface area contributed by atoms with Gasteiger partial charge in [0, 0.05) is 12.5 Å². The molecule has 1 atom stereocenters. The Morgan fingerprint density at radius 2 is 2.19 bits per heavy atom. The molecule has 0 radical (unpaired) electrons. The van der Waals surface area contributed by atoms with Crippen molar-refractivity contribution in [2.75, 3.05) is 19.8 Å². The summed E-state index contributed by atoms with van der Waals surface area (Å²) in [5.74, 6) is 2.42. The van der Waals surface area contributed by atoms with Crippen LogP contribution in [-0.2, 0) is 4.74 Å². The third kappa shape index (κ3) is 1.99. The topological polar surface area (TPSA) is 47.3 Å². The summed E-state index contributed by atoms with van der Waals surface area (Å²) in [4.78, 5) is 4.41. The molecule has 1 saturated carbocycles. The van der Waals surface area contributed by atoms with E-state index >= 15 is 0 Å². The van der Waals surface area contributed by atoms with Gasteiger partial charge in [0.25, 0.3) is 0 Å². The van der Waals surface area contributed by atoms with Crippen LogP contribution in [0.3, 0.4) is 0 Å². The van der Waals surface area contributed by atoms with Crippen molar-refractivity contribution in [1.29, 1.82) is 0 Å². The summed E-state index contributed by atoms with van der Waals surface area (Å²) in [6.45, 7) is 2.38. The average Bonchev–Trinajstić information content (AvgIpc) is 3.01. The Labute approximate surface area is 95.4 Å². The highest BCUT2D eigenvalue weighted by molar-refractivity contribution is 5.05. The van der Waals surface area contributed by atoms with E-state index in [4.69, 9.17) is 9.15 Å². The first-order valence-electron chi connectivity index (χ1n) is 6.20. The zero-order valence-corrected chi connectivity index (χ0v) is 9.45. The molecular formula is C12H18N2O2. The van der Waals surface area contributed by atoms with Crippen molar-refractivity contribution < 1.29 is 9.15 Å². The molecule has 1 saturated heterocycles. The maximum Gasteiger partial charge on any atom is 0.197 e. The van der Waals surface area contributed by atoms with Crippen molar-refractivity contribution in [2.24, 2.45) is 0 Å². The van der Waals surface area contributed by atoms with Gasteiger partial charge in [-0.15, -0.1) is 0 Å². The van der Waals surface area contributed by atoms with Crippen LogP contribution in [0.2, 0.25) is 0 Å². The Balaban J connectivity index is 1.71. The second-order valence-electron chi connectivity index (χ2n) is 4.66. The fourth-order valence-corrected chi connectivity index (χ4v) is 2.57. The molecule has 1 aromatic heterocycles. The van der Waals surface area contributed by atoms with Gasteiger partial charge in [0.05, 0.1) is 25.5 Å². The summed E-state index contributed by atoms with van der Waals surface area (Å²) in [5, 5.41) is 3.38. The maximum atomic E-state index is 5.85. The van der Waals surface area contributed by atoms with Crippen LogP contribution in [0.1, 0.15) is 49.3 Å². The zero-order chi connectivity index (χ0) is 10.8. The Morgan fingerprint density at radius 3 is 2.94 bits per heavy atom. The summed E-state index contributed by atoms with van der Waals surface area (Å²) in [5.41, 5.74) is 0. The highest BCUT2D eigenvalue weighted by Crippen LogP contribution is 2.34. The van der Waals surface area contributed by atoms with Gasteiger partial charge in [0.2, 0.25) is 0 Å². The average molecular weight is 222 g/mol. The van der Waals surface area contributed by atoms with Crippen LogP contribution in [0, 0.1) is 0 Å². The summed E-state index contributed by atoms with van der Waals surface area (Å²) < 4.78 is 11.3. The number of aromatic nitrogens is 1. The van der Waals surface area contributed by atoms with Gasteiger partial charge < -0.3 is 14.5 Å². The van der Waals surface area contributed by atoms with Crippen molar-refractivity contribution >= 4 is 0 Å². The number of hydrogen-bond acceptors (Lipinski definition) is 4. The first kappa shape index (κ1) is 10.3. The van der Waals surface area contributed by atoms with Crippen LogP contribution in [0.15, 0.2) is 10.6 Å². The number of ether oxygens (including phenoxy) is 1. The molecule has 4 nitrogen and oxygen atoms in total. The summed E-state index contributed by atoms with van der Waals surface area (Å²) in [7, 11) is 0. The molecule has 0 bridgehead atoms. The fraction of sp³-hybridized carbons (Fsp3) is 0.750. The molecule has 0 spiro atoms. The lowest BCUT2D eigenvalue weighted by Gasteiger charge is -2.21. The second kappa shape index (κ2) is 4.55. The quantitative estimate of drug-likeness (QED) is 0.831. The van der Waals surface area contributed by atoms with E-state index in [9.17, 15) is 0 Å². The van der Waals surface area contributed by atoms with Crippen LogP contribution in [0.25, 0.3) is 0 Å². The van der Waals surface area contributed by atoms with E-state index in [-0.39, 0.29) is 6.04 Å². The third-order valence-electron chi connectivity index (χ3n) is 3.51. The molecule has 2 fully saturated rings. The number of hydrogen-bond donors (Lipinski definition) is 1. The first-order valence-corrected chi connectivity index (χ1v) is 6.20. The van der Waals surface area contributed by atoms with Gasteiger partial charge in [-0.25, -0.2) is 4.98 Å². The molecule has 0 amide bonds. The normalized spacial score (nSPS) is 27.4. The Morgan fingerprint density at radius 1 is 1.31 bits per heavy atom. The lowest BCUT2D eigenvalue weighted by molar-refractivity contribution is 0.0693. The van der Waals surface area contributed by atoms with Crippen LogP contribution in [-0.4, -0.2) is 24.7 Å². The smallest absolute Gasteiger partial charge is 0.197 e. The summed E-state index contributed by atoms with van der Waals surface area (Å²) in [6, 6.07) is 0.191. The minimum Gasteiger partial charge on any atom is -0.444 e. The summed E-state index contributed by atoms with van der Waals surface area (Å²) >= 11 is 0. The van der Waals surface area contributed by atoms with Crippen molar-refractivity contribution in [3.8, 4) is 0 Å². The van der Waals surface area contributed by atoms with Gasteiger partial charge in [-0.3, -0.25) is 0 Å². The highest BCUT2D eigenvalue weighted by atomic mass is 16.5. The van der Waals surface area contributed by atoms with Gasteiger partial charge in [0.15, 0.2) is 5.89 Å². The van der Waals surface area contributed by atoms with E-state index in [1.54, 1.807) is 0 Å². The molecule has 16 heavy (non-hydrogen) atoms. The molecule has 3 rings (SSSR count). The molecule has 1 aliphatic heterocycles. The number of rotatable bonds is 2. The number of nitrogens with one attached hydrogen (secondary N) is 1. The van der Waals surface area contributed by atoms with E-state index < -0.39 is 0 Å². The zero-order valence-electron chi connectivity index (χ0n) is 9.45. The predicted molar refractivity (Wildman–Crippen MR) is 59.3 cm³/mol. The van der Waals surface area contributed by atoms with Gasteiger partial charge in [-0.1, -0.05) is 12.8 Å². The van der Waals surface area contributed by atoms with Crippen molar-refractivity contribution in [3.63, 3.8) is 0 Å². The molecule has 0 aromatic carbocycles. The molecule has 1 aliphatic carbocycles. The lowest BCUT2D eigenvalue weighted by Crippen LogP contribution is -2.34. The monoisotopic (exact) mass is 222 g/mol. The predicted octanol–water partition coefficient (Wildman–Crippen LogP) is 1.99. The van der Waals surface area contributed by atoms with Crippen molar-refractivity contribution in [2.45, 2.75) is 37.6 Å². The molecule has 1 unspecified atom stereocenters. The largest absolute Gasteiger partial charge is 0.444 e. The lowest BCUT2D eigenvalue weighted by atomic mass is 10.1. The molecular weight excluding hydrogens is 204 g/mol. The molecule has 88 valence electrons. The van der Waals surface area contributed by atoms with E-state index in [1.807, 2.05) is 6.20 Å². The molecule has 4 heteroatoms. The Bertz CT molecular complexity index is 339. The molecule has 2 heterocycles. The third-order valence-corrected chi connectivity index (χ3v) is 3.51. The van der Waals surface area contributed by atoms with E-state index in [1.165, 1.54) is 25.7 Å². The highest BCUT2D eigenvalue weighted by Gasteiger charge is 2.24. The van der Waals surface area contributed by atoms with E-state index in [0.29, 0.717) is 12.5 Å². The number of oxazole rings is 1. The minimum atomic E-state index is 0.191. The first-order chi connectivity index (χ1) is 7.93. The van der Waals surface area contributed by atoms with Crippen molar-refractivity contribution in [1.82, 2.24) is 10.3 Å². The Kier molecular flexibility index (Phi) is 2.93. The molecule has 2 aliphatic rings. The molecule has 1 N–H and O–H groups in total. The van der Waals surface area contributed by atoms with E-state index in [0.717, 1.165) is 24.8 Å². The standard InChI is InChI=1S/C12H18N2O2/c1-2-4-9(3-1)12-14-7-11(16-12)10-8-15-6-5-13-10/h7,9-10,13H,1-6,8H2. The van der Waals surface area contributed by atoms with Gasteiger partial charge in [0.1, 0.15) is 5.76 Å². The minimum absolute atomic E-state index is 0.191. The van der Waals surface area contributed by atoms with Crippen LogP contribution < -0.4 is 5.32 Å². The van der Waals surface area contributed by atoms with Crippen LogP contribution >= 0.6 is 0 Å². The van der Waals surface area contributed by atoms with Gasteiger partial charge in [-0.2, -0.15) is 0 Å². The van der Waals surface area contributed by atoms with Crippen LogP contribution in [0.5, 0.6) is 0 Å². The second-order valence-corrected chi connectivity index (χ2v) is 4.66. The maximum absolute atomic E-state index is 5.85. The fourth-order valence-electron chi connectivity index (χ4n) is 2.57. The molecule has 1 aromatic rings. The number of morpholine rings is 1. The number of nitrogens with zero attached hydrogens (tertiary/aromatic N) is 1.